The van der Waals surface area contributed by atoms with Crippen molar-refractivity contribution in [3.05, 3.63) is 69.3 Å². The van der Waals surface area contributed by atoms with Gasteiger partial charge in [-0.15, -0.1) is 0 Å². The maximum absolute atomic E-state index is 13.2. The second-order valence-corrected chi connectivity index (χ2v) is 5.37. The Kier molecular flexibility index (Phi) is 3.96. The molecule has 0 unspecified atom stereocenters. The zero-order valence-electron chi connectivity index (χ0n) is 11.8. The van der Waals surface area contributed by atoms with Gasteiger partial charge in [0, 0.05) is 29.1 Å². The van der Waals surface area contributed by atoms with E-state index in [0.717, 1.165) is 10.9 Å². The van der Waals surface area contributed by atoms with Crippen molar-refractivity contribution < 1.29 is 8.81 Å². The van der Waals surface area contributed by atoms with E-state index in [2.05, 4.69) is 5.32 Å². The molecular weight excluding hydrogens is 305 g/mol. The number of benzene rings is 2. The van der Waals surface area contributed by atoms with Crippen LogP contribution in [0.5, 0.6) is 0 Å². The molecule has 0 atom stereocenters. The highest BCUT2D eigenvalue weighted by molar-refractivity contribution is 6.33. The van der Waals surface area contributed by atoms with Crippen LogP contribution >= 0.6 is 11.6 Å². The Morgan fingerprint density at radius 3 is 2.68 bits per heavy atom. The minimum atomic E-state index is -0.468. The quantitative estimate of drug-likeness (QED) is 0.743. The summed E-state index contributed by atoms with van der Waals surface area (Å²) in [6, 6.07) is 11.1. The molecule has 0 aliphatic rings. The topological polar surface area (TPSA) is 42.2 Å². The van der Waals surface area contributed by atoms with Gasteiger partial charge in [-0.1, -0.05) is 23.7 Å². The van der Waals surface area contributed by atoms with E-state index in [9.17, 15) is 9.18 Å². The van der Waals surface area contributed by atoms with Crippen molar-refractivity contribution in [3.63, 3.8) is 0 Å². The van der Waals surface area contributed by atoms with Crippen LogP contribution in [0, 0.1) is 5.82 Å². The second-order valence-electron chi connectivity index (χ2n) is 4.96. The summed E-state index contributed by atoms with van der Waals surface area (Å²) in [4.78, 5) is 11.8. The molecule has 0 amide bonds. The van der Waals surface area contributed by atoms with Crippen LogP contribution in [-0.4, -0.2) is 7.05 Å². The van der Waals surface area contributed by atoms with E-state index < -0.39 is 11.4 Å². The fraction of sp³-hybridized carbons (Fsp3) is 0.118. The maximum Gasteiger partial charge on any atom is 0.336 e. The first kappa shape index (κ1) is 14.8. The van der Waals surface area contributed by atoms with E-state index >= 15 is 0 Å². The summed E-state index contributed by atoms with van der Waals surface area (Å²) in [5.74, 6) is -0.419. The van der Waals surface area contributed by atoms with Gasteiger partial charge in [-0.25, -0.2) is 9.18 Å². The zero-order chi connectivity index (χ0) is 15.7. The van der Waals surface area contributed by atoms with Gasteiger partial charge in [0.2, 0.25) is 0 Å². The number of halogens is 2. The van der Waals surface area contributed by atoms with E-state index in [-0.39, 0.29) is 5.02 Å². The van der Waals surface area contributed by atoms with Crippen molar-refractivity contribution in [1.29, 1.82) is 0 Å². The first-order valence-electron chi connectivity index (χ1n) is 6.75. The minimum absolute atomic E-state index is 0.256. The molecule has 112 valence electrons. The molecule has 3 rings (SSSR count). The van der Waals surface area contributed by atoms with Crippen LogP contribution in [0.1, 0.15) is 5.56 Å². The van der Waals surface area contributed by atoms with E-state index in [1.54, 1.807) is 6.07 Å². The molecule has 0 bridgehead atoms. The van der Waals surface area contributed by atoms with Crippen molar-refractivity contribution in [1.82, 2.24) is 5.32 Å². The molecule has 0 aliphatic carbocycles. The first-order chi connectivity index (χ1) is 10.6. The van der Waals surface area contributed by atoms with Crippen LogP contribution in [-0.2, 0) is 6.54 Å². The third-order valence-corrected chi connectivity index (χ3v) is 3.72. The van der Waals surface area contributed by atoms with Gasteiger partial charge in [0.15, 0.2) is 0 Å². The summed E-state index contributed by atoms with van der Waals surface area (Å²) in [6.07, 6.45) is 0. The fourth-order valence-corrected chi connectivity index (χ4v) is 2.72. The zero-order valence-corrected chi connectivity index (χ0v) is 12.6. The standard InChI is InChI=1S/C17H13ClFNO2/c1-20-9-10-2-4-13-14(8-17(21)22-16(13)6-10)12-5-3-11(19)7-15(12)18/h2-8,20H,9H2,1H3. The van der Waals surface area contributed by atoms with Crippen molar-refractivity contribution in [2.75, 3.05) is 7.05 Å². The summed E-state index contributed by atoms with van der Waals surface area (Å²) in [5, 5.41) is 4.06. The van der Waals surface area contributed by atoms with Crippen molar-refractivity contribution in [3.8, 4) is 11.1 Å². The number of fused-ring (bicyclic) bond motifs is 1. The average Bonchev–Trinajstić information content (AvgIpc) is 2.46. The SMILES string of the molecule is CNCc1ccc2c(-c3ccc(F)cc3Cl)cc(=O)oc2c1. The predicted octanol–water partition coefficient (Wildman–Crippen LogP) is 3.97. The molecule has 1 aromatic heterocycles. The van der Waals surface area contributed by atoms with Gasteiger partial charge >= 0.3 is 5.63 Å². The molecular formula is C17H13ClFNO2. The third-order valence-electron chi connectivity index (χ3n) is 3.41. The van der Waals surface area contributed by atoms with Crippen molar-refractivity contribution in [2.24, 2.45) is 0 Å². The van der Waals surface area contributed by atoms with Gasteiger partial charge in [-0.3, -0.25) is 0 Å². The third kappa shape index (κ3) is 2.75. The van der Waals surface area contributed by atoms with Crippen LogP contribution < -0.4 is 10.9 Å². The highest BCUT2D eigenvalue weighted by Gasteiger charge is 2.12. The Morgan fingerprint density at radius 2 is 1.95 bits per heavy atom. The molecule has 0 saturated carbocycles. The lowest BCUT2D eigenvalue weighted by Gasteiger charge is -2.09. The van der Waals surface area contributed by atoms with Gasteiger partial charge in [-0.05, 0) is 36.9 Å². The van der Waals surface area contributed by atoms with Gasteiger partial charge in [-0.2, -0.15) is 0 Å². The second kappa shape index (κ2) is 5.91. The number of nitrogens with one attached hydrogen (secondary N) is 1. The normalized spacial score (nSPS) is 11.0. The number of rotatable bonds is 3. The summed E-state index contributed by atoms with van der Waals surface area (Å²) < 4.78 is 18.5. The molecule has 0 spiro atoms. The average molecular weight is 318 g/mol. The molecule has 0 saturated heterocycles. The first-order valence-corrected chi connectivity index (χ1v) is 7.13. The van der Waals surface area contributed by atoms with E-state index in [1.807, 2.05) is 25.2 Å². The molecule has 3 aromatic rings. The highest BCUT2D eigenvalue weighted by atomic mass is 35.5. The van der Waals surface area contributed by atoms with Gasteiger partial charge in [0.25, 0.3) is 0 Å². The lowest BCUT2D eigenvalue weighted by atomic mass is 10.0. The van der Waals surface area contributed by atoms with E-state index in [0.29, 0.717) is 23.3 Å². The summed E-state index contributed by atoms with van der Waals surface area (Å²) >= 11 is 6.12. The van der Waals surface area contributed by atoms with Crippen LogP contribution in [0.25, 0.3) is 22.1 Å². The minimum Gasteiger partial charge on any atom is -0.423 e. The molecule has 1 heterocycles. The Hall–Kier alpha value is -2.17. The lowest BCUT2D eigenvalue weighted by molar-refractivity contribution is 0.561. The van der Waals surface area contributed by atoms with Gasteiger partial charge < -0.3 is 9.73 Å². The van der Waals surface area contributed by atoms with Gasteiger partial charge in [0.1, 0.15) is 11.4 Å². The number of hydrogen-bond acceptors (Lipinski definition) is 3. The largest absolute Gasteiger partial charge is 0.423 e. The molecule has 5 heteroatoms. The Balaban J connectivity index is 2.27. The van der Waals surface area contributed by atoms with Crippen LogP contribution in [0.2, 0.25) is 5.02 Å². The Morgan fingerprint density at radius 1 is 1.14 bits per heavy atom. The fourth-order valence-electron chi connectivity index (χ4n) is 2.45. The van der Waals surface area contributed by atoms with E-state index in [4.69, 9.17) is 16.0 Å². The maximum atomic E-state index is 13.2. The van der Waals surface area contributed by atoms with Crippen molar-refractivity contribution in [2.45, 2.75) is 6.54 Å². The molecule has 3 nitrogen and oxygen atoms in total. The van der Waals surface area contributed by atoms with Crippen LogP contribution in [0.15, 0.2) is 51.7 Å². The number of hydrogen-bond donors (Lipinski definition) is 1. The highest BCUT2D eigenvalue weighted by Crippen LogP contribution is 2.33. The molecule has 2 aromatic carbocycles. The Labute approximate surface area is 131 Å². The molecule has 0 aliphatic heterocycles. The van der Waals surface area contributed by atoms with Crippen LogP contribution in [0.3, 0.4) is 0 Å². The van der Waals surface area contributed by atoms with Crippen LogP contribution in [0.4, 0.5) is 4.39 Å². The smallest absolute Gasteiger partial charge is 0.336 e. The van der Waals surface area contributed by atoms with Gasteiger partial charge in [0.05, 0.1) is 5.02 Å². The summed E-state index contributed by atoms with van der Waals surface area (Å²) in [6.45, 7) is 0.668. The molecule has 0 radical (unpaired) electrons. The van der Waals surface area contributed by atoms with E-state index in [1.165, 1.54) is 18.2 Å². The molecule has 1 N–H and O–H groups in total. The van der Waals surface area contributed by atoms with Crippen molar-refractivity contribution >= 4 is 22.6 Å². The monoisotopic (exact) mass is 317 g/mol. The lowest BCUT2D eigenvalue weighted by Crippen LogP contribution is -2.05. The molecule has 0 fully saturated rings. The summed E-state index contributed by atoms with van der Waals surface area (Å²) in [5.41, 5.74) is 2.25. The molecule has 22 heavy (non-hydrogen) atoms. The Bertz CT molecular complexity index is 905. The predicted molar refractivity (Wildman–Crippen MR) is 85.7 cm³/mol. The summed E-state index contributed by atoms with van der Waals surface area (Å²) in [7, 11) is 1.84.